The summed E-state index contributed by atoms with van der Waals surface area (Å²) in [6, 6.07) is 0.733. The average Bonchev–Trinajstić information content (AvgIpc) is 2.26. The molecule has 0 spiro atoms. The second kappa shape index (κ2) is 5.09. The van der Waals surface area contributed by atoms with E-state index in [1.54, 1.807) is 28.4 Å². The van der Waals surface area contributed by atoms with Crippen molar-refractivity contribution in [1.29, 1.82) is 0 Å². The van der Waals surface area contributed by atoms with Crippen molar-refractivity contribution < 1.29 is 22.1 Å². The first-order valence-corrected chi connectivity index (χ1v) is 14.8. The minimum absolute atomic E-state index is 0.248. The molecule has 0 N–H and O–H groups in total. The fourth-order valence-electron chi connectivity index (χ4n) is 3.31. The van der Waals surface area contributed by atoms with E-state index < -0.39 is 23.5 Å². The van der Waals surface area contributed by atoms with Crippen LogP contribution in [0.15, 0.2) is 0 Å². The first kappa shape index (κ1) is 16.5. The predicted molar refractivity (Wildman–Crippen MR) is 77.0 cm³/mol. The predicted octanol–water partition coefficient (Wildman–Crippen LogP) is 1.63. The Labute approximate surface area is 113 Å². The molecule has 0 amide bonds. The van der Waals surface area contributed by atoms with E-state index in [1.165, 1.54) is 0 Å². The minimum Gasteiger partial charge on any atom is -0.409 e. The van der Waals surface area contributed by atoms with Crippen LogP contribution >= 0.6 is 0 Å². The topological polar surface area (TPSA) is 46.2 Å². The Bertz CT molecular complexity index is 300. The Morgan fingerprint density at radius 1 is 0.889 bits per heavy atom. The van der Waals surface area contributed by atoms with Gasteiger partial charge in [0.2, 0.25) is 7.83 Å². The van der Waals surface area contributed by atoms with E-state index in [2.05, 4.69) is 26.9 Å². The lowest BCUT2D eigenvalue weighted by Crippen LogP contribution is -2.86. The van der Waals surface area contributed by atoms with Crippen LogP contribution in [0, 0.1) is 0 Å². The number of hydrogen-bond donors (Lipinski definition) is 0. The molecular formula is C10H26O5Si3. The van der Waals surface area contributed by atoms with Crippen molar-refractivity contribution in [2.75, 3.05) is 28.4 Å². The fourth-order valence-corrected chi connectivity index (χ4v) is 33.9. The van der Waals surface area contributed by atoms with Crippen molar-refractivity contribution in [3.63, 3.8) is 0 Å². The van der Waals surface area contributed by atoms with Crippen LogP contribution in [0.4, 0.5) is 0 Å². The summed E-state index contributed by atoms with van der Waals surface area (Å²) in [5.74, 6) is 0. The van der Waals surface area contributed by atoms with E-state index in [0.29, 0.717) is 0 Å². The van der Waals surface area contributed by atoms with Crippen molar-refractivity contribution in [2.24, 2.45) is 0 Å². The van der Waals surface area contributed by atoms with Gasteiger partial charge >= 0.3 is 15.7 Å². The van der Waals surface area contributed by atoms with Crippen LogP contribution in [-0.2, 0) is 22.1 Å². The molecule has 0 bridgehead atoms. The summed E-state index contributed by atoms with van der Waals surface area (Å²) in [6.07, 6.45) is 0. The normalized spacial score (nSPS) is 28.0. The molecule has 1 aliphatic heterocycles. The lowest BCUT2D eigenvalue weighted by molar-refractivity contribution is 0.0858. The lowest BCUT2D eigenvalue weighted by Gasteiger charge is -2.55. The molecule has 108 valence electrons. The monoisotopic (exact) mass is 310 g/mol. The highest BCUT2D eigenvalue weighted by Gasteiger charge is 2.77. The fraction of sp³-hybridized carbons (Fsp3) is 1.00. The van der Waals surface area contributed by atoms with Gasteiger partial charge in [0.1, 0.15) is 0 Å². The smallest absolute Gasteiger partial charge is 0.394 e. The molecule has 1 heterocycles. The molecule has 0 atom stereocenters. The molecule has 18 heavy (non-hydrogen) atoms. The zero-order chi connectivity index (χ0) is 14.2. The molecule has 5 nitrogen and oxygen atoms in total. The third-order valence-electron chi connectivity index (χ3n) is 3.72. The molecule has 1 rings (SSSR count). The number of rotatable bonds is 4. The second-order valence-corrected chi connectivity index (χ2v) is 25.0. The maximum Gasteiger partial charge on any atom is 0.394 e. The first-order valence-electron chi connectivity index (χ1n) is 6.06. The standard InChI is InChI=1S/C10H26O5Si3/c1-10(2)9-17(11-3,12-4)18(13-5,14-6)16(7,8)15-10/h9H2,1-8H3. The van der Waals surface area contributed by atoms with E-state index in [-0.39, 0.29) is 5.60 Å². The van der Waals surface area contributed by atoms with Gasteiger partial charge in [-0.25, -0.2) is 0 Å². The molecule has 0 aliphatic carbocycles. The maximum absolute atomic E-state index is 6.34. The Morgan fingerprint density at radius 2 is 1.33 bits per heavy atom. The van der Waals surface area contributed by atoms with E-state index in [1.807, 2.05) is 0 Å². The van der Waals surface area contributed by atoms with Crippen molar-refractivity contribution in [3.8, 4) is 0 Å². The van der Waals surface area contributed by atoms with E-state index in [0.717, 1.165) is 6.04 Å². The third-order valence-corrected chi connectivity index (χ3v) is 32.3. The van der Waals surface area contributed by atoms with Gasteiger partial charge in [-0.3, -0.25) is 0 Å². The average molecular weight is 311 g/mol. The van der Waals surface area contributed by atoms with E-state index in [4.69, 9.17) is 22.1 Å². The molecule has 0 aromatic rings. The van der Waals surface area contributed by atoms with Gasteiger partial charge in [-0.05, 0) is 26.9 Å². The van der Waals surface area contributed by atoms with Crippen LogP contribution < -0.4 is 0 Å². The quantitative estimate of drug-likeness (QED) is 0.739. The molecule has 0 aromatic heterocycles. The summed E-state index contributed by atoms with van der Waals surface area (Å²) in [5.41, 5.74) is -0.248. The van der Waals surface area contributed by atoms with Gasteiger partial charge in [0, 0.05) is 34.5 Å². The zero-order valence-corrected chi connectivity index (χ0v) is 15.7. The highest BCUT2D eigenvalue weighted by Crippen LogP contribution is 2.44. The van der Waals surface area contributed by atoms with Crippen LogP contribution in [0.5, 0.6) is 0 Å². The van der Waals surface area contributed by atoms with Crippen LogP contribution in [-0.4, -0.2) is 57.5 Å². The highest BCUT2D eigenvalue weighted by molar-refractivity contribution is 7.61. The number of hydrogen-bond acceptors (Lipinski definition) is 5. The summed E-state index contributed by atoms with van der Waals surface area (Å²) in [6.45, 7) is 8.47. The third kappa shape index (κ3) is 2.18. The van der Waals surface area contributed by atoms with Gasteiger partial charge in [0.15, 0.2) is 0 Å². The van der Waals surface area contributed by atoms with Crippen molar-refractivity contribution >= 4 is 23.5 Å². The summed E-state index contributed by atoms with van der Waals surface area (Å²) in [7, 11) is -0.522. The van der Waals surface area contributed by atoms with Crippen molar-refractivity contribution in [1.82, 2.24) is 0 Å². The molecule has 0 aromatic carbocycles. The maximum atomic E-state index is 6.34. The molecule has 1 aliphatic rings. The van der Waals surface area contributed by atoms with Gasteiger partial charge in [-0.1, -0.05) is 0 Å². The van der Waals surface area contributed by atoms with Crippen molar-refractivity contribution in [3.05, 3.63) is 0 Å². The highest BCUT2D eigenvalue weighted by atomic mass is 29.7. The van der Waals surface area contributed by atoms with Crippen molar-refractivity contribution in [2.45, 2.75) is 38.6 Å². The molecule has 0 radical (unpaired) electrons. The zero-order valence-electron chi connectivity index (χ0n) is 12.7. The first-order chi connectivity index (χ1) is 8.16. The Balaban J connectivity index is 3.41. The van der Waals surface area contributed by atoms with Crippen LogP contribution in [0.2, 0.25) is 19.1 Å². The van der Waals surface area contributed by atoms with Crippen LogP contribution in [0.3, 0.4) is 0 Å². The second-order valence-electron chi connectivity index (χ2n) is 5.73. The molecule has 1 saturated heterocycles. The Morgan fingerprint density at radius 3 is 1.67 bits per heavy atom. The lowest BCUT2D eigenvalue weighted by atomic mass is 10.2. The van der Waals surface area contributed by atoms with Crippen LogP contribution in [0.1, 0.15) is 13.8 Å². The summed E-state index contributed by atoms with van der Waals surface area (Å²) < 4.78 is 29.9. The van der Waals surface area contributed by atoms with Gasteiger partial charge in [0.25, 0.3) is 0 Å². The van der Waals surface area contributed by atoms with E-state index >= 15 is 0 Å². The summed E-state index contributed by atoms with van der Waals surface area (Å²) >= 11 is 0. The largest absolute Gasteiger partial charge is 0.409 e. The molecule has 0 saturated carbocycles. The van der Waals surface area contributed by atoms with E-state index in [9.17, 15) is 0 Å². The Hall–Kier alpha value is 0.451. The molecule has 8 heteroatoms. The van der Waals surface area contributed by atoms with Gasteiger partial charge < -0.3 is 22.1 Å². The molecular weight excluding hydrogens is 284 g/mol. The van der Waals surface area contributed by atoms with Crippen LogP contribution in [0.25, 0.3) is 0 Å². The summed E-state index contributed by atoms with van der Waals surface area (Å²) in [4.78, 5) is 0. The van der Waals surface area contributed by atoms with Gasteiger partial charge in [-0.2, -0.15) is 0 Å². The molecule has 0 unspecified atom stereocenters. The van der Waals surface area contributed by atoms with Gasteiger partial charge in [-0.15, -0.1) is 0 Å². The molecule has 1 fully saturated rings. The Kier molecular flexibility index (Phi) is 4.67. The summed E-state index contributed by atoms with van der Waals surface area (Å²) in [5, 5.41) is 0. The SMILES string of the molecule is CO[Si]1(OC)CC(C)(C)O[Si](C)(C)[Si]1(OC)OC. The van der Waals surface area contributed by atoms with Gasteiger partial charge in [0.05, 0.1) is 5.60 Å². The minimum atomic E-state index is -2.62.